The fourth-order valence-corrected chi connectivity index (χ4v) is 2.22. The van der Waals surface area contributed by atoms with Gasteiger partial charge in [0.15, 0.2) is 5.96 Å². The summed E-state index contributed by atoms with van der Waals surface area (Å²) in [6, 6.07) is 7.85. The number of rotatable bonds is 7. The number of nitrogens with zero attached hydrogens (tertiary/aromatic N) is 1. The largest absolute Gasteiger partial charge is 0.488 e. The van der Waals surface area contributed by atoms with Crippen LogP contribution in [0.15, 0.2) is 33.7 Å². The number of benzene rings is 1. The van der Waals surface area contributed by atoms with E-state index < -0.39 is 0 Å². The zero-order chi connectivity index (χ0) is 14.8. The van der Waals surface area contributed by atoms with E-state index in [2.05, 4.69) is 37.8 Å². The van der Waals surface area contributed by atoms with E-state index in [-0.39, 0.29) is 30.1 Å². The first-order valence-corrected chi connectivity index (χ1v) is 8.70. The number of hydrogen-bond donors (Lipinski definition) is 2. The van der Waals surface area contributed by atoms with E-state index in [1.807, 2.05) is 31.2 Å². The molecule has 21 heavy (non-hydrogen) atoms. The molecule has 1 rings (SSSR count). The Kier molecular flexibility index (Phi) is 12.3. The van der Waals surface area contributed by atoms with Gasteiger partial charge in [-0.25, -0.2) is 0 Å². The highest BCUT2D eigenvalue weighted by Gasteiger charge is 2.07. The average Bonchev–Trinajstić information content (AvgIpc) is 2.45. The first-order chi connectivity index (χ1) is 9.67. The molecule has 0 aliphatic rings. The van der Waals surface area contributed by atoms with Crippen LogP contribution >= 0.6 is 51.7 Å². The van der Waals surface area contributed by atoms with Crippen LogP contribution in [0, 0.1) is 0 Å². The number of para-hydroxylation sites is 1. The Balaban J connectivity index is 0.00000400. The van der Waals surface area contributed by atoms with Crippen LogP contribution in [0.5, 0.6) is 5.75 Å². The summed E-state index contributed by atoms with van der Waals surface area (Å²) < 4.78 is 6.84. The molecule has 0 aromatic heterocycles. The van der Waals surface area contributed by atoms with Gasteiger partial charge >= 0.3 is 0 Å². The standard InChI is InChI=1S/C14H22BrN3OS.HI/c1-11(19-13-7-5-4-6-12(13)15)10-18-14(16-2)17-8-9-20-3;/h4-7,11H,8-10H2,1-3H3,(H2,16,17,18);1H. The fourth-order valence-electron chi connectivity index (χ4n) is 1.53. The van der Waals surface area contributed by atoms with E-state index in [0.29, 0.717) is 6.54 Å². The molecule has 2 N–H and O–H groups in total. The smallest absolute Gasteiger partial charge is 0.191 e. The molecule has 1 atom stereocenters. The lowest BCUT2D eigenvalue weighted by molar-refractivity contribution is 0.222. The molecule has 0 radical (unpaired) electrons. The fraction of sp³-hybridized carbons (Fsp3) is 0.500. The van der Waals surface area contributed by atoms with Crippen molar-refractivity contribution in [3.05, 3.63) is 28.7 Å². The lowest BCUT2D eigenvalue weighted by Gasteiger charge is -2.18. The highest BCUT2D eigenvalue weighted by molar-refractivity contribution is 14.0. The molecule has 0 spiro atoms. The number of aliphatic imine (C=N–C) groups is 1. The maximum atomic E-state index is 5.87. The van der Waals surface area contributed by atoms with E-state index in [0.717, 1.165) is 28.5 Å². The van der Waals surface area contributed by atoms with Gasteiger partial charge in [0.1, 0.15) is 11.9 Å². The second-order valence-corrected chi connectivity index (χ2v) is 6.07. The SMILES string of the molecule is CN=C(NCCSC)NCC(C)Oc1ccccc1Br.I. The van der Waals surface area contributed by atoms with Crippen LogP contribution in [0.3, 0.4) is 0 Å². The van der Waals surface area contributed by atoms with Crippen molar-refractivity contribution in [2.24, 2.45) is 4.99 Å². The highest BCUT2D eigenvalue weighted by atomic mass is 127. The van der Waals surface area contributed by atoms with E-state index in [1.54, 1.807) is 18.8 Å². The molecule has 0 saturated heterocycles. The molecule has 0 aliphatic heterocycles. The van der Waals surface area contributed by atoms with Crippen LogP contribution in [0.25, 0.3) is 0 Å². The third-order valence-electron chi connectivity index (χ3n) is 2.54. The van der Waals surface area contributed by atoms with Gasteiger partial charge in [-0.1, -0.05) is 12.1 Å². The predicted octanol–water partition coefficient (Wildman–Crippen LogP) is 3.36. The van der Waals surface area contributed by atoms with Crippen molar-refractivity contribution in [3.63, 3.8) is 0 Å². The second-order valence-electron chi connectivity index (χ2n) is 4.23. The predicted molar refractivity (Wildman–Crippen MR) is 107 cm³/mol. The topological polar surface area (TPSA) is 45.7 Å². The summed E-state index contributed by atoms with van der Waals surface area (Å²) in [5.74, 6) is 2.72. The molecule has 1 aromatic carbocycles. The van der Waals surface area contributed by atoms with E-state index in [1.165, 1.54) is 0 Å². The van der Waals surface area contributed by atoms with E-state index >= 15 is 0 Å². The Bertz CT molecular complexity index is 434. The Hall–Kier alpha value is -0.150. The second kappa shape index (κ2) is 12.4. The lowest BCUT2D eigenvalue weighted by atomic mass is 10.3. The molecule has 0 saturated carbocycles. The Morgan fingerprint density at radius 1 is 1.38 bits per heavy atom. The van der Waals surface area contributed by atoms with Crippen LogP contribution in [0.4, 0.5) is 0 Å². The minimum Gasteiger partial charge on any atom is -0.488 e. The third-order valence-corrected chi connectivity index (χ3v) is 3.81. The Labute approximate surface area is 157 Å². The molecule has 0 bridgehead atoms. The summed E-state index contributed by atoms with van der Waals surface area (Å²) in [6.45, 7) is 3.63. The highest BCUT2D eigenvalue weighted by Crippen LogP contribution is 2.24. The van der Waals surface area contributed by atoms with Crippen LogP contribution in [-0.2, 0) is 0 Å². The summed E-state index contributed by atoms with van der Waals surface area (Å²) in [5, 5.41) is 6.51. The van der Waals surface area contributed by atoms with Gasteiger partial charge in [0.25, 0.3) is 0 Å². The van der Waals surface area contributed by atoms with Crippen LogP contribution in [-0.4, -0.2) is 44.2 Å². The molecule has 0 fully saturated rings. The van der Waals surface area contributed by atoms with Gasteiger partial charge in [-0.05, 0) is 41.2 Å². The van der Waals surface area contributed by atoms with E-state index in [4.69, 9.17) is 4.74 Å². The van der Waals surface area contributed by atoms with Gasteiger partial charge in [-0.3, -0.25) is 4.99 Å². The van der Waals surface area contributed by atoms with Crippen molar-refractivity contribution in [1.29, 1.82) is 0 Å². The normalized spacial score (nSPS) is 12.3. The van der Waals surface area contributed by atoms with Gasteiger partial charge in [0.2, 0.25) is 0 Å². The quantitative estimate of drug-likeness (QED) is 0.268. The molecule has 4 nitrogen and oxygen atoms in total. The van der Waals surface area contributed by atoms with Gasteiger partial charge in [0.05, 0.1) is 11.0 Å². The number of hydrogen-bond acceptors (Lipinski definition) is 3. The maximum Gasteiger partial charge on any atom is 0.191 e. The molecule has 7 heteroatoms. The molecular formula is C14H23BrIN3OS. The summed E-state index contributed by atoms with van der Waals surface area (Å²) in [6.07, 6.45) is 2.14. The van der Waals surface area contributed by atoms with Crippen molar-refractivity contribution >= 4 is 57.6 Å². The zero-order valence-corrected chi connectivity index (χ0v) is 17.3. The zero-order valence-electron chi connectivity index (χ0n) is 12.6. The van der Waals surface area contributed by atoms with Gasteiger partial charge in [-0.2, -0.15) is 11.8 Å². The number of halogens is 2. The molecular weight excluding hydrogens is 465 g/mol. The summed E-state index contributed by atoms with van der Waals surface area (Å²) >= 11 is 5.28. The van der Waals surface area contributed by atoms with Crippen molar-refractivity contribution in [1.82, 2.24) is 10.6 Å². The minimum absolute atomic E-state index is 0. The molecule has 0 aliphatic carbocycles. The van der Waals surface area contributed by atoms with Crippen LogP contribution in [0.1, 0.15) is 6.92 Å². The van der Waals surface area contributed by atoms with Crippen LogP contribution in [0.2, 0.25) is 0 Å². The minimum atomic E-state index is 0. The molecule has 120 valence electrons. The van der Waals surface area contributed by atoms with Crippen molar-refractivity contribution in [2.45, 2.75) is 13.0 Å². The molecule has 1 unspecified atom stereocenters. The monoisotopic (exact) mass is 487 g/mol. The summed E-state index contributed by atoms with van der Waals surface area (Å²) in [5.41, 5.74) is 0. The Morgan fingerprint density at radius 2 is 2.10 bits per heavy atom. The first-order valence-electron chi connectivity index (χ1n) is 6.52. The molecule has 0 amide bonds. The third kappa shape index (κ3) is 8.77. The number of guanidine groups is 1. The number of nitrogens with one attached hydrogen (secondary N) is 2. The maximum absolute atomic E-state index is 5.87. The average molecular weight is 488 g/mol. The van der Waals surface area contributed by atoms with E-state index in [9.17, 15) is 0 Å². The summed E-state index contributed by atoms with van der Waals surface area (Å²) in [7, 11) is 1.77. The van der Waals surface area contributed by atoms with Gasteiger partial charge in [0, 0.05) is 19.3 Å². The summed E-state index contributed by atoms with van der Waals surface area (Å²) in [4.78, 5) is 4.18. The first kappa shape index (κ1) is 20.9. The van der Waals surface area contributed by atoms with Crippen LogP contribution < -0.4 is 15.4 Å². The number of thioether (sulfide) groups is 1. The van der Waals surface area contributed by atoms with Crippen molar-refractivity contribution < 1.29 is 4.74 Å². The molecule has 0 heterocycles. The Morgan fingerprint density at radius 3 is 2.71 bits per heavy atom. The molecule has 1 aromatic rings. The van der Waals surface area contributed by atoms with Gasteiger partial charge in [-0.15, -0.1) is 24.0 Å². The van der Waals surface area contributed by atoms with Crippen molar-refractivity contribution in [2.75, 3.05) is 32.1 Å². The van der Waals surface area contributed by atoms with Crippen molar-refractivity contribution in [3.8, 4) is 5.75 Å². The lowest BCUT2D eigenvalue weighted by Crippen LogP contribution is -2.42. The van der Waals surface area contributed by atoms with Gasteiger partial charge < -0.3 is 15.4 Å². The number of ether oxygens (including phenoxy) is 1.